The Morgan fingerprint density at radius 2 is 2.04 bits per heavy atom. The number of nitriles is 1. The number of nitrogens with one attached hydrogen (secondary N) is 1. The van der Waals surface area contributed by atoms with Crippen LogP contribution in [0.5, 0.6) is 5.75 Å². The van der Waals surface area contributed by atoms with E-state index in [9.17, 15) is 0 Å². The third-order valence-electron chi connectivity index (χ3n) is 4.87. The van der Waals surface area contributed by atoms with E-state index in [2.05, 4.69) is 63.7 Å². The normalized spacial score (nSPS) is 23.8. The SMILES string of the molecule is N#CCOc1ccc([C@@H]2Nc3ccc(Br)cc3[C@@H]3C=CC[C@@H]32)cc1. The maximum absolute atomic E-state index is 8.61. The maximum atomic E-state index is 8.61. The standard InChI is InChI=1S/C20H17BrN2O/c21-14-6-9-19-18(12-14)16-2-1-3-17(16)20(23-19)13-4-7-15(8-5-13)24-11-10-22/h1-2,4-9,12,16-17,20,23H,3,11H2/t16-,17+,20+/m1/s1. The molecule has 2 aliphatic rings. The quantitative estimate of drug-likeness (QED) is 0.746. The van der Waals surface area contributed by atoms with E-state index in [-0.39, 0.29) is 12.6 Å². The summed E-state index contributed by atoms with van der Waals surface area (Å²) in [5.41, 5.74) is 3.83. The van der Waals surface area contributed by atoms with Crippen LogP contribution in [0.15, 0.2) is 59.1 Å². The lowest BCUT2D eigenvalue weighted by Gasteiger charge is -2.37. The number of allylic oxidation sites excluding steroid dienone is 2. The summed E-state index contributed by atoms with van der Waals surface area (Å²) in [5, 5.41) is 12.3. The number of hydrogen-bond donors (Lipinski definition) is 1. The highest BCUT2D eigenvalue weighted by atomic mass is 79.9. The summed E-state index contributed by atoms with van der Waals surface area (Å²) in [4.78, 5) is 0. The van der Waals surface area contributed by atoms with Gasteiger partial charge < -0.3 is 10.1 Å². The summed E-state index contributed by atoms with van der Waals surface area (Å²) in [5.74, 6) is 1.72. The van der Waals surface area contributed by atoms with Crippen LogP contribution in [0.4, 0.5) is 5.69 Å². The monoisotopic (exact) mass is 380 g/mol. The summed E-state index contributed by atoms with van der Waals surface area (Å²) < 4.78 is 6.48. The van der Waals surface area contributed by atoms with Gasteiger partial charge in [0.15, 0.2) is 6.61 Å². The van der Waals surface area contributed by atoms with Crippen LogP contribution in [-0.2, 0) is 0 Å². The Morgan fingerprint density at radius 1 is 1.21 bits per heavy atom. The second kappa shape index (κ2) is 6.33. The van der Waals surface area contributed by atoms with E-state index in [1.165, 1.54) is 16.8 Å². The van der Waals surface area contributed by atoms with Crippen molar-refractivity contribution in [3.8, 4) is 11.8 Å². The van der Waals surface area contributed by atoms with Crippen molar-refractivity contribution in [3.05, 3.63) is 70.2 Å². The Bertz CT molecular complexity index is 823. The fourth-order valence-electron chi connectivity index (χ4n) is 3.78. The van der Waals surface area contributed by atoms with Crippen molar-refractivity contribution in [2.75, 3.05) is 11.9 Å². The van der Waals surface area contributed by atoms with Crippen LogP contribution in [-0.4, -0.2) is 6.61 Å². The Labute approximate surface area is 150 Å². The Hall–Kier alpha value is -2.25. The van der Waals surface area contributed by atoms with Crippen LogP contribution in [0.3, 0.4) is 0 Å². The summed E-state index contributed by atoms with van der Waals surface area (Å²) >= 11 is 3.59. The molecule has 0 saturated carbocycles. The largest absolute Gasteiger partial charge is 0.479 e. The molecular formula is C20H17BrN2O. The van der Waals surface area contributed by atoms with Gasteiger partial charge >= 0.3 is 0 Å². The fourth-order valence-corrected chi connectivity index (χ4v) is 4.16. The van der Waals surface area contributed by atoms with Crippen LogP contribution >= 0.6 is 15.9 Å². The highest BCUT2D eigenvalue weighted by molar-refractivity contribution is 9.10. The Kier molecular flexibility index (Phi) is 4.03. The van der Waals surface area contributed by atoms with Gasteiger partial charge in [0.25, 0.3) is 0 Å². The molecule has 0 amide bonds. The molecule has 0 radical (unpaired) electrons. The highest BCUT2D eigenvalue weighted by Gasteiger charge is 2.37. The lowest BCUT2D eigenvalue weighted by atomic mass is 9.77. The first-order valence-electron chi connectivity index (χ1n) is 8.08. The molecule has 0 bridgehead atoms. The van der Waals surface area contributed by atoms with E-state index in [4.69, 9.17) is 10.00 Å². The lowest BCUT2D eigenvalue weighted by Crippen LogP contribution is -2.29. The summed E-state index contributed by atoms with van der Waals surface area (Å²) in [7, 11) is 0. The van der Waals surface area contributed by atoms with Crippen LogP contribution in [0, 0.1) is 17.2 Å². The number of nitrogens with zero attached hydrogens (tertiary/aromatic N) is 1. The second-order valence-corrected chi connectivity index (χ2v) is 7.14. The van der Waals surface area contributed by atoms with Crippen LogP contribution in [0.25, 0.3) is 0 Å². The first-order chi connectivity index (χ1) is 11.8. The van der Waals surface area contributed by atoms with E-state index in [0.717, 1.165) is 16.6 Å². The predicted octanol–water partition coefficient (Wildman–Crippen LogP) is 5.18. The minimum absolute atomic E-state index is 0.0812. The average molecular weight is 381 g/mol. The predicted molar refractivity (Wildman–Crippen MR) is 98.0 cm³/mol. The van der Waals surface area contributed by atoms with Gasteiger partial charge in [-0.1, -0.05) is 40.2 Å². The molecule has 120 valence electrons. The van der Waals surface area contributed by atoms with E-state index in [1.807, 2.05) is 18.2 Å². The van der Waals surface area contributed by atoms with E-state index >= 15 is 0 Å². The van der Waals surface area contributed by atoms with Crippen LogP contribution < -0.4 is 10.1 Å². The molecule has 2 aromatic carbocycles. The highest BCUT2D eigenvalue weighted by Crippen LogP contribution is 2.50. The van der Waals surface area contributed by atoms with Crippen molar-refractivity contribution >= 4 is 21.6 Å². The van der Waals surface area contributed by atoms with Gasteiger partial charge in [-0.15, -0.1) is 0 Å². The van der Waals surface area contributed by atoms with Crippen molar-refractivity contribution in [2.24, 2.45) is 5.92 Å². The molecule has 24 heavy (non-hydrogen) atoms. The molecule has 1 aliphatic heterocycles. The number of hydrogen-bond acceptors (Lipinski definition) is 3. The molecule has 0 unspecified atom stereocenters. The number of benzene rings is 2. The van der Waals surface area contributed by atoms with E-state index in [0.29, 0.717) is 11.8 Å². The minimum Gasteiger partial charge on any atom is -0.479 e. The van der Waals surface area contributed by atoms with Crippen molar-refractivity contribution in [1.82, 2.24) is 0 Å². The molecule has 1 heterocycles. The molecule has 0 spiro atoms. The summed E-state index contributed by atoms with van der Waals surface area (Å²) in [6, 6.07) is 16.8. The first kappa shape index (κ1) is 15.3. The topological polar surface area (TPSA) is 45.0 Å². The third-order valence-corrected chi connectivity index (χ3v) is 5.36. The van der Waals surface area contributed by atoms with Crippen molar-refractivity contribution in [1.29, 1.82) is 5.26 Å². The number of halogens is 1. The zero-order chi connectivity index (χ0) is 16.5. The van der Waals surface area contributed by atoms with Gasteiger partial charge in [0, 0.05) is 16.1 Å². The number of ether oxygens (including phenoxy) is 1. The smallest absolute Gasteiger partial charge is 0.174 e. The van der Waals surface area contributed by atoms with Gasteiger partial charge in [0.1, 0.15) is 11.8 Å². The zero-order valence-corrected chi connectivity index (χ0v) is 14.7. The molecule has 1 N–H and O–H groups in total. The van der Waals surface area contributed by atoms with Crippen LogP contribution in [0.1, 0.15) is 29.5 Å². The van der Waals surface area contributed by atoms with Gasteiger partial charge in [-0.05, 0) is 53.8 Å². The van der Waals surface area contributed by atoms with E-state index in [1.54, 1.807) is 0 Å². The molecule has 4 heteroatoms. The van der Waals surface area contributed by atoms with Gasteiger partial charge in [-0.3, -0.25) is 0 Å². The molecule has 1 aliphatic carbocycles. The van der Waals surface area contributed by atoms with Gasteiger partial charge in [0.05, 0.1) is 6.04 Å². The molecule has 3 atom stereocenters. The number of rotatable bonds is 3. The second-order valence-electron chi connectivity index (χ2n) is 6.22. The fraction of sp³-hybridized carbons (Fsp3) is 0.250. The summed E-state index contributed by atoms with van der Waals surface area (Å²) in [6.45, 7) is 0.0812. The molecular weight excluding hydrogens is 364 g/mol. The molecule has 4 rings (SSSR count). The first-order valence-corrected chi connectivity index (χ1v) is 8.88. The molecule has 0 saturated heterocycles. The van der Waals surface area contributed by atoms with Crippen LogP contribution in [0.2, 0.25) is 0 Å². The summed E-state index contributed by atoms with van der Waals surface area (Å²) in [6.07, 6.45) is 5.72. The number of anilines is 1. The van der Waals surface area contributed by atoms with Gasteiger partial charge in [-0.25, -0.2) is 0 Å². The minimum atomic E-state index is 0.0812. The zero-order valence-electron chi connectivity index (χ0n) is 13.1. The third kappa shape index (κ3) is 2.70. The molecule has 0 fully saturated rings. The molecule has 3 nitrogen and oxygen atoms in total. The lowest BCUT2D eigenvalue weighted by molar-refractivity contribution is 0.367. The molecule has 0 aromatic heterocycles. The van der Waals surface area contributed by atoms with Crippen molar-refractivity contribution < 1.29 is 4.74 Å². The van der Waals surface area contributed by atoms with Crippen molar-refractivity contribution in [3.63, 3.8) is 0 Å². The van der Waals surface area contributed by atoms with Gasteiger partial charge in [-0.2, -0.15) is 5.26 Å². The Balaban J connectivity index is 1.64. The molecule has 2 aromatic rings. The van der Waals surface area contributed by atoms with Gasteiger partial charge in [0.2, 0.25) is 0 Å². The Morgan fingerprint density at radius 3 is 2.83 bits per heavy atom. The van der Waals surface area contributed by atoms with Crippen molar-refractivity contribution in [2.45, 2.75) is 18.4 Å². The van der Waals surface area contributed by atoms with E-state index < -0.39 is 0 Å². The maximum Gasteiger partial charge on any atom is 0.174 e. The number of fused-ring (bicyclic) bond motifs is 3. The average Bonchev–Trinajstić information content (AvgIpc) is 3.10.